The molecular weight excluding hydrogens is 260 g/mol. The van der Waals surface area contributed by atoms with Crippen molar-refractivity contribution in [2.24, 2.45) is 0 Å². The summed E-state index contributed by atoms with van der Waals surface area (Å²) in [6, 6.07) is 4.74. The monoisotopic (exact) mass is 268 g/mol. The molecule has 0 aromatic heterocycles. The van der Waals surface area contributed by atoms with Crippen molar-refractivity contribution in [1.29, 1.82) is 0 Å². The maximum Gasteiger partial charge on any atom is 0.335 e. The number of Topliss-reactive ketones (excluding diaryl/α,β-unsaturated/α-hetero) is 1. The Morgan fingerprint density at radius 2 is 2.20 bits per heavy atom. The molecule has 0 heterocycles. The molecule has 0 aliphatic heterocycles. The van der Waals surface area contributed by atoms with Crippen LogP contribution in [0, 0.1) is 0 Å². The van der Waals surface area contributed by atoms with E-state index in [1.54, 1.807) is 12.1 Å². The van der Waals surface area contributed by atoms with Crippen LogP contribution >= 0.6 is 15.9 Å². The van der Waals surface area contributed by atoms with Crippen LogP contribution < -0.4 is 0 Å². The fourth-order valence-corrected chi connectivity index (χ4v) is 2.21. The van der Waals surface area contributed by atoms with Gasteiger partial charge in [-0.05, 0) is 30.5 Å². The zero-order valence-electron chi connectivity index (χ0n) is 7.87. The number of carboxylic acids is 1. The van der Waals surface area contributed by atoms with Crippen LogP contribution in [0.2, 0.25) is 0 Å². The van der Waals surface area contributed by atoms with Crippen LogP contribution in [0.4, 0.5) is 0 Å². The molecule has 0 saturated carbocycles. The summed E-state index contributed by atoms with van der Waals surface area (Å²) in [6.45, 7) is 0. The van der Waals surface area contributed by atoms with Crippen molar-refractivity contribution in [1.82, 2.24) is 0 Å². The minimum Gasteiger partial charge on any atom is -0.478 e. The quantitative estimate of drug-likeness (QED) is 0.796. The van der Waals surface area contributed by atoms with Gasteiger partial charge in [-0.1, -0.05) is 22.0 Å². The van der Waals surface area contributed by atoms with Gasteiger partial charge in [-0.2, -0.15) is 0 Å². The first-order valence-electron chi connectivity index (χ1n) is 4.64. The van der Waals surface area contributed by atoms with Gasteiger partial charge in [0.25, 0.3) is 0 Å². The van der Waals surface area contributed by atoms with E-state index in [9.17, 15) is 9.59 Å². The second-order valence-corrected chi connectivity index (χ2v) is 4.65. The molecule has 1 unspecified atom stereocenters. The van der Waals surface area contributed by atoms with E-state index in [-0.39, 0.29) is 16.2 Å². The average Bonchev–Trinajstić information content (AvgIpc) is 2.23. The molecular formula is C11H9BrO3. The van der Waals surface area contributed by atoms with Crippen LogP contribution in [-0.4, -0.2) is 21.7 Å². The van der Waals surface area contributed by atoms with Crippen LogP contribution in [-0.2, 0) is 6.42 Å². The Labute approximate surface area is 95.2 Å². The van der Waals surface area contributed by atoms with Crippen molar-refractivity contribution in [2.75, 3.05) is 0 Å². The average molecular weight is 269 g/mol. The second kappa shape index (κ2) is 3.77. The molecule has 1 aliphatic carbocycles. The van der Waals surface area contributed by atoms with Crippen LogP contribution in [0.15, 0.2) is 18.2 Å². The van der Waals surface area contributed by atoms with Gasteiger partial charge in [-0.15, -0.1) is 0 Å². The van der Waals surface area contributed by atoms with Crippen molar-refractivity contribution >= 4 is 27.7 Å². The van der Waals surface area contributed by atoms with Crippen LogP contribution in [0.3, 0.4) is 0 Å². The number of fused-ring (bicyclic) bond motifs is 1. The number of aromatic carboxylic acids is 1. The number of carbonyl (C=O) groups excluding carboxylic acids is 1. The third-order valence-corrected chi connectivity index (χ3v) is 3.45. The van der Waals surface area contributed by atoms with E-state index in [0.717, 1.165) is 18.4 Å². The molecule has 0 amide bonds. The number of aryl methyl sites for hydroxylation is 1. The number of hydrogen-bond acceptors (Lipinski definition) is 2. The van der Waals surface area contributed by atoms with Gasteiger partial charge in [0.1, 0.15) is 0 Å². The van der Waals surface area contributed by atoms with Gasteiger partial charge >= 0.3 is 5.97 Å². The maximum atomic E-state index is 11.8. The lowest BCUT2D eigenvalue weighted by molar-refractivity contribution is 0.0697. The summed E-state index contributed by atoms with van der Waals surface area (Å²) in [6.07, 6.45) is 1.59. The molecule has 0 saturated heterocycles. The minimum atomic E-state index is -0.998. The Kier molecular flexibility index (Phi) is 2.61. The van der Waals surface area contributed by atoms with Gasteiger partial charge in [-0.3, -0.25) is 4.79 Å². The number of benzene rings is 1. The molecule has 1 aromatic carbocycles. The molecule has 1 aliphatic rings. The molecule has 15 heavy (non-hydrogen) atoms. The molecule has 2 rings (SSSR count). The first-order chi connectivity index (χ1) is 7.09. The maximum absolute atomic E-state index is 11.8. The topological polar surface area (TPSA) is 54.4 Å². The highest BCUT2D eigenvalue weighted by atomic mass is 79.9. The Morgan fingerprint density at radius 1 is 1.47 bits per heavy atom. The number of hydrogen-bond donors (Lipinski definition) is 1. The minimum absolute atomic E-state index is 0.0145. The second-order valence-electron chi connectivity index (χ2n) is 3.55. The number of carboxylic acid groups (broad SMARTS) is 1. The lowest BCUT2D eigenvalue weighted by Gasteiger charge is -2.19. The Bertz CT molecular complexity index is 439. The van der Waals surface area contributed by atoms with E-state index < -0.39 is 5.97 Å². The summed E-state index contributed by atoms with van der Waals surface area (Å²) in [5, 5.41) is 8.82. The standard InChI is InChI=1S/C11H9BrO3/c12-9-4-3-6-1-2-7(11(14)15)5-8(6)10(9)13/h1-2,5,9H,3-4H2,(H,14,15). The molecule has 1 atom stereocenters. The lowest BCUT2D eigenvalue weighted by atomic mass is 9.89. The molecule has 1 aromatic rings. The lowest BCUT2D eigenvalue weighted by Crippen LogP contribution is -2.22. The summed E-state index contributed by atoms with van der Waals surface area (Å²) in [5.41, 5.74) is 1.66. The van der Waals surface area contributed by atoms with Crippen molar-refractivity contribution in [3.63, 3.8) is 0 Å². The van der Waals surface area contributed by atoms with E-state index in [2.05, 4.69) is 15.9 Å². The van der Waals surface area contributed by atoms with E-state index in [4.69, 9.17) is 5.11 Å². The van der Waals surface area contributed by atoms with Crippen LogP contribution in [0.5, 0.6) is 0 Å². The van der Waals surface area contributed by atoms with Gasteiger partial charge < -0.3 is 5.11 Å². The largest absolute Gasteiger partial charge is 0.478 e. The highest BCUT2D eigenvalue weighted by molar-refractivity contribution is 9.10. The first kappa shape index (κ1) is 10.4. The molecule has 0 spiro atoms. The molecule has 3 nitrogen and oxygen atoms in total. The zero-order chi connectivity index (χ0) is 11.0. The van der Waals surface area contributed by atoms with E-state index >= 15 is 0 Å². The highest BCUT2D eigenvalue weighted by Gasteiger charge is 2.25. The van der Waals surface area contributed by atoms with Gasteiger partial charge in [-0.25, -0.2) is 4.79 Å². The summed E-state index contributed by atoms with van der Waals surface area (Å²) < 4.78 is 0. The molecule has 0 bridgehead atoms. The number of ketones is 1. The third-order valence-electron chi connectivity index (χ3n) is 2.57. The fourth-order valence-electron chi connectivity index (χ4n) is 1.74. The predicted molar refractivity (Wildman–Crippen MR) is 58.8 cm³/mol. The number of halogens is 1. The van der Waals surface area contributed by atoms with Crippen molar-refractivity contribution < 1.29 is 14.7 Å². The summed E-state index contributed by atoms with van der Waals surface area (Å²) in [5.74, 6) is -1.01. The SMILES string of the molecule is O=C(O)c1ccc2c(c1)C(=O)C(Br)CC2. The predicted octanol–water partition coefficient (Wildman–Crippen LogP) is 2.28. The van der Waals surface area contributed by atoms with Crippen molar-refractivity contribution in [3.05, 3.63) is 34.9 Å². The van der Waals surface area contributed by atoms with E-state index in [1.807, 2.05) is 0 Å². The summed E-state index contributed by atoms with van der Waals surface area (Å²) in [4.78, 5) is 22.3. The zero-order valence-corrected chi connectivity index (χ0v) is 9.45. The van der Waals surface area contributed by atoms with Crippen molar-refractivity contribution in [3.8, 4) is 0 Å². The van der Waals surface area contributed by atoms with Crippen LogP contribution in [0.1, 0.15) is 32.7 Å². The van der Waals surface area contributed by atoms with Gasteiger partial charge in [0, 0.05) is 5.56 Å². The molecule has 0 radical (unpaired) electrons. The smallest absolute Gasteiger partial charge is 0.335 e. The van der Waals surface area contributed by atoms with Gasteiger partial charge in [0.2, 0.25) is 0 Å². The van der Waals surface area contributed by atoms with Gasteiger partial charge in [0.15, 0.2) is 5.78 Å². The summed E-state index contributed by atoms with van der Waals surface area (Å²) >= 11 is 3.29. The molecule has 0 fully saturated rings. The normalized spacial score (nSPS) is 19.8. The fraction of sp³-hybridized carbons (Fsp3) is 0.273. The molecule has 78 valence electrons. The number of alkyl halides is 1. The van der Waals surface area contributed by atoms with Crippen LogP contribution in [0.25, 0.3) is 0 Å². The van der Waals surface area contributed by atoms with E-state index in [1.165, 1.54) is 6.07 Å². The number of rotatable bonds is 1. The van der Waals surface area contributed by atoms with Crippen molar-refractivity contribution in [2.45, 2.75) is 17.7 Å². The molecule has 1 N–H and O–H groups in total. The first-order valence-corrected chi connectivity index (χ1v) is 5.55. The Morgan fingerprint density at radius 3 is 2.87 bits per heavy atom. The summed E-state index contributed by atoms with van der Waals surface area (Å²) in [7, 11) is 0. The third kappa shape index (κ3) is 1.81. The molecule has 4 heteroatoms. The Hall–Kier alpha value is -1.16. The van der Waals surface area contributed by atoms with Gasteiger partial charge in [0.05, 0.1) is 10.4 Å². The number of carbonyl (C=O) groups is 2. The van der Waals surface area contributed by atoms with E-state index in [0.29, 0.717) is 5.56 Å². The Balaban J connectivity index is 2.50. The highest BCUT2D eigenvalue weighted by Crippen LogP contribution is 2.26.